The van der Waals surface area contributed by atoms with Crippen molar-refractivity contribution in [2.24, 2.45) is 11.3 Å². The standard InChI is InChI=1S/C29H39Cl2N5O4/c1-2-40-27(38)29(21-6-4-3-5-7-21)11-14-36(15-12-29)26(37)25(17-20-8-9-23(30)24(31)16-20)35-28(39)33-13-10-22-18-32-19-34-22/h8-9,16,18-19,21,25H,2-7,10-15,17H2,1H3,(H,32,34)(H2,33,35,39). The van der Waals surface area contributed by atoms with Crippen LogP contribution in [0.15, 0.2) is 30.7 Å². The first-order valence-corrected chi connectivity index (χ1v) is 15.0. The van der Waals surface area contributed by atoms with Crippen LogP contribution in [-0.2, 0) is 27.2 Å². The number of hydrogen-bond donors (Lipinski definition) is 3. The van der Waals surface area contributed by atoms with E-state index in [1.807, 2.05) is 6.92 Å². The Kier molecular flexibility index (Phi) is 10.7. The average molecular weight is 593 g/mol. The highest BCUT2D eigenvalue weighted by Crippen LogP contribution is 2.47. The van der Waals surface area contributed by atoms with Gasteiger partial charge in [-0.15, -0.1) is 0 Å². The summed E-state index contributed by atoms with van der Waals surface area (Å²) in [6.07, 6.45) is 10.8. The van der Waals surface area contributed by atoms with E-state index in [0.29, 0.717) is 55.5 Å². The van der Waals surface area contributed by atoms with Gasteiger partial charge in [-0.2, -0.15) is 0 Å². The summed E-state index contributed by atoms with van der Waals surface area (Å²) >= 11 is 12.3. The lowest BCUT2D eigenvalue weighted by Crippen LogP contribution is -2.56. The molecule has 9 nitrogen and oxygen atoms in total. The number of likely N-dealkylation sites (tertiary alicyclic amines) is 1. The summed E-state index contributed by atoms with van der Waals surface area (Å²) in [5.41, 5.74) is 1.13. The van der Waals surface area contributed by atoms with Gasteiger partial charge in [-0.1, -0.05) is 48.5 Å². The number of carbonyl (C=O) groups excluding carboxylic acids is 3. The summed E-state index contributed by atoms with van der Waals surface area (Å²) in [4.78, 5) is 48.6. The van der Waals surface area contributed by atoms with E-state index in [4.69, 9.17) is 27.9 Å². The van der Waals surface area contributed by atoms with Crippen LogP contribution < -0.4 is 10.6 Å². The van der Waals surface area contributed by atoms with Crippen LogP contribution in [0.2, 0.25) is 10.0 Å². The SMILES string of the molecule is CCOC(=O)C1(C2CCCCC2)CCN(C(=O)C(Cc2ccc(Cl)c(Cl)c2)NC(=O)NCCc2cnc[nH]2)CC1. The molecule has 4 rings (SSSR count). The number of H-pyrrole nitrogens is 1. The van der Waals surface area contributed by atoms with Crippen molar-refractivity contribution in [3.8, 4) is 0 Å². The number of esters is 1. The molecule has 0 spiro atoms. The van der Waals surface area contributed by atoms with Gasteiger partial charge < -0.3 is 25.3 Å². The van der Waals surface area contributed by atoms with Crippen LogP contribution in [0.25, 0.3) is 0 Å². The van der Waals surface area contributed by atoms with Crippen molar-refractivity contribution in [2.45, 2.75) is 70.8 Å². The summed E-state index contributed by atoms with van der Waals surface area (Å²) in [5.74, 6) is -0.0321. The van der Waals surface area contributed by atoms with Gasteiger partial charge in [0, 0.05) is 44.4 Å². The van der Waals surface area contributed by atoms with Gasteiger partial charge >= 0.3 is 12.0 Å². The third-order valence-corrected chi connectivity index (χ3v) is 9.04. The highest BCUT2D eigenvalue weighted by Gasteiger charge is 2.49. The molecule has 11 heteroatoms. The van der Waals surface area contributed by atoms with Crippen molar-refractivity contribution in [1.29, 1.82) is 0 Å². The number of amides is 3. The number of aromatic nitrogens is 2. The molecule has 3 N–H and O–H groups in total. The molecule has 2 aliphatic rings. The molecule has 1 aliphatic carbocycles. The zero-order chi connectivity index (χ0) is 28.5. The van der Waals surface area contributed by atoms with Gasteiger partial charge in [0.1, 0.15) is 6.04 Å². The Morgan fingerprint density at radius 1 is 1.15 bits per heavy atom. The third kappa shape index (κ3) is 7.49. The summed E-state index contributed by atoms with van der Waals surface area (Å²) in [5, 5.41) is 6.50. The molecule has 2 fully saturated rings. The first-order chi connectivity index (χ1) is 19.3. The number of imidazole rings is 1. The van der Waals surface area contributed by atoms with E-state index in [2.05, 4.69) is 20.6 Å². The Morgan fingerprint density at radius 3 is 2.55 bits per heavy atom. The molecule has 1 aromatic carbocycles. The smallest absolute Gasteiger partial charge is 0.315 e. The number of carbonyl (C=O) groups is 3. The number of rotatable bonds is 10. The molecule has 40 heavy (non-hydrogen) atoms. The maximum atomic E-state index is 13.8. The van der Waals surface area contributed by atoms with Gasteiger partial charge in [-0.25, -0.2) is 9.78 Å². The maximum absolute atomic E-state index is 13.8. The number of piperidine rings is 1. The predicted molar refractivity (Wildman–Crippen MR) is 154 cm³/mol. The number of urea groups is 1. The Morgan fingerprint density at radius 2 is 1.90 bits per heavy atom. The van der Waals surface area contributed by atoms with Gasteiger partial charge in [0.2, 0.25) is 5.91 Å². The lowest BCUT2D eigenvalue weighted by atomic mass is 9.63. The van der Waals surface area contributed by atoms with Crippen LogP contribution in [-0.4, -0.2) is 65.1 Å². The summed E-state index contributed by atoms with van der Waals surface area (Å²) in [6, 6.07) is 3.96. The van der Waals surface area contributed by atoms with Crippen LogP contribution >= 0.6 is 23.2 Å². The second kappa shape index (κ2) is 14.2. The highest BCUT2D eigenvalue weighted by molar-refractivity contribution is 6.42. The second-order valence-electron chi connectivity index (χ2n) is 10.8. The Hall–Kier alpha value is -2.78. The predicted octanol–water partition coefficient (Wildman–Crippen LogP) is 4.92. The normalized spacial score (nSPS) is 18.1. The second-order valence-corrected chi connectivity index (χ2v) is 11.6. The molecular formula is C29H39Cl2N5O4. The molecule has 1 saturated carbocycles. The van der Waals surface area contributed by atoms with Crippen LogP contribution in [0.4, 0.5) is 4.79 Å². The van der Waals surface area contributed by atoms with Crippen molar-refractivity contribution in [2.75, 3.05) is 26.2 Å². The number of ether oxygens (including phenoxy) is 1. The van der Waals surface area contributed by atoms with E-state index < -0.39 is 17.5 Å². The molecule has 1 aromatic heterocycles. The lowest BCUT2D eigenvalue weighted by Gasteiger charge is -2.46. The Balaban J connectivity index is 1.44. The van der Waals surface area contributed by atoms with Gasteiger partial charge in [0.05, 0.1) is 28.4 Å². The minimum absolute atomic E-state index is 0.129. The molecule has 1 atom stereocenters. The Labute approximate surface area is 245 Å². The van der Waals surface area contributed by atoms with E-state index in [1.165, 1.54) is 6.42 Å². The number of benzene rings is 1. The van der Waals surface area contributed by atoms with Crippen molar-refractivity contribution in [1.82, 2.24) is 25.5 Å². The summed E-state index contributed by atoms with van der Waals surface area (Å²) in [7, 11) is 0. The van der Waals surface area contributed by atoms with Gasteiger partial charge in [-0.05, 0) is 56.2 Å². The van der Waals surface area contributed by atoms with E-state index in [-0.39, 0.29) is 24.2 Å². The van der Waals surface area contributed by atoms with E-state index in [9.17, 15) is 14.4 Å². The highest BCUT2D eigenvalue weighted by atomic mass is 35.5. The average Bonchev–Trinajstić information content (AvgIpc) is 3.48. The van der Waals surface area contributed by atoms with Crippen LogP contribution in [0, 0.1) is 11.3 Å². The fourth-order valence-corrected chi connectivity index (χ4v) is 6.42. The number of aromatic amines is 1. The zero-order valence-electron chi connectivity index (χ0n) is 23.0. The molecule has 218 valence electrons. The van der Waals surface area contributed by atoms with Crippen molar-refractivity contribution in [3.05, 3.63) is 52.0 Å². The monoisotopic (exact) mass is 591 g/mol. The van der Waals surface area contributed by atoms with Crippen LogP contribution in [0.5, 0.6) is 0 Å². The minimum Gasteiger partial charge on any atom is -0.466 e. The fourth-order valence-electron chi connectivity index (χ4n) is 6.10. The lowest BCUT2D eigenvalue weighted by molar-refractivity contribution is -0.166. The van der Waals surface area contributed by atoms with Gasteiger partial charge in [0.15, 0.2) is 0 Å². The first kappa shape index (κ1) is 30.2. The van der Waals surface area contributed by atoms with Gasteiger partial charge in [-0.3, -0.25) is 9.59 Å². The Bertz CT molecular complexity index is 1150. The quantitative estimate of drug-likeness (QED) is 0.339. The minimum atomic E-state index is -0.811. The van der Waals surface area contributed by atoms with E-state index >= 15 is 0 Å². The van der Waals surface area contributed by atoms with Gasteiger partial charge in [0.25, 0.3) is 0 Å². The molecule has 3 amide bonds. The number of halogens is 2. The maximum Gasteiger partial charge on any atom is 0.315 e. The first-order valence-electron chi connectivity index (χ1n) is 14.2. The summed E-state index contributed by atoms with van der Waals surface area (Å²) in [6.45, 7) is 3.45. The topological polar surface area (TPSA) is 116 Å². The third-order valence-electron chi connectivity index (χ3n) is 8.30. The van der Waals surface area contributed by atoms with E-state index in [1.54, 1.807) is 35.6 Å². The van der Waals surface area contributed by atoms with Crippen LogP contribution in [0.1, 0.15) is 63.1 Å². The molecule has 2 heterocycles. The molecule has 1 unspecified atom stereocenters. The molecule has 0 bridgehead atoms. The fraction of sp³-hybridized carbons (Fsp3) is 0.586. The summed E-state index contributed by atoms with van der Waals surface area (Å²) < 4.78 is 5.56. The number of hydrogen-bond acceptors (Lipinski definition) is 5. The molecule has 2 aromatic rings. The van der Waals surface area contributed by atoms with Crippen molar-refractivity contribution >= 4 is 41.1 Å². The molecule has 0 radical (unpaired) electrons. The molecule has 1 saturated heterocycles. The van der Waals surface area contributed by atoms with Crippen LogP contribution in [0.3, 0.4) is 0 Å². The largest absolute Gasteiger partial charge is 0.466 e. The molecular weight excluding hydrogens is 553 g/mol. The van der Waals surface area contributed by atoms with E-state index in [0.717, 1.165) is 36.9 Å². The zero-order valence-corrected chi connectivity index (χ0v) is 24.5. The molecule has 1 aliphatic heterocycles. The van der Waals surface area contributed by atoms with Crippen molar-refractivity contribution < 1.29 is 19.1 Å². The number of nitrogens with zero attached hydrogens (tertiary/aromatic N) is 2. The van der Waals surface area contributed by atoms with Crippen molar-refractivity contribution in [3.63, 3.8) is 0 Å². The number of nitrogens with one attached hydrogen (secondary N) is 3.